The summed E-state index contributed by atoms with van der Waals surface area (Å²) in [5.74, 6) is 0.00452. The number of para-hydroxylation sites is 1. The van der Waals surface area contributed by atoms with Gasteiger partial charge in [-0.15, -0.1) is 0 Å². The first kappa shape index (κ1) is 13.6. The first-order chi connectivity index (χ1) is 10.1. The number of hydrogen-bond acceptors (Lipinski definition) is 2. The molecule has 1 amide bonds. The molecule has 1 aliphatic rings. The molecule has 4 heteroatoms. The van der Waals surface area contributed by atoms with E-state index >= 15 is 0 Å². The molecule has 0 bridgehead atoms. The van der Waals surface area contributed by atoms with E-state index in [0.717, 1.165) is 24.1 Å². The van der Waals surface area contributed by atoms with Gasteiger partial charge in [0.15, 0.2) is 5.78 Å². The Hall–Kier alpha value is -2.36. The SMILES string of the molecule is Cn1ccc(C(=O)CN2C(=O)CCCc3ccccc32)c1. The number of nitrogens with zero attached hydrogens (tertiary/aromatic N) is 2. The van der Waals surface area contributed by atoms with Crippen molar-refractivity contribution in [3.05, 3.63) is 53.9 Å². The van der Waals surface area contributed by atoms with E-state index in [1.165, 1.54) is 0 Å². The average Bonchev–Trinajstić information content (AvgIpc) is 2.85. The van der Waals surface area contributed by atoms with Crippen LogP contribution in [0.5, 0.6) is 0 Å². The van der Waals surface area contributed by atoms with Gasteiger partial charge in [0.1, 0.15) is 0 Å². The Labute approximate surface area is 124 Å². The number of ketones is 1. The third kappa shape index (κ3) is 2.75. The number of anilines is 1. The van der Waals surface area contributed by atoms with Crippen LogP contribution >= 0.6 is 0 Å². The molecule has 0 unspecified atom stereocenters. The predicted molar refractivity (Wildman–Crippen MR) is 81.5 cm³/mol. The van der Waals surface area contributed by atoms with Crippen LogP contribution in [0.25, 0.3) is 0 Å². The molecule has 0 saturated carbocycles. The molecule has 0 aliphatic carbocycles. The van der Waals surface area contributed by atoms with Gasteiger partial charge in [-0.25, -0.2) is 0 Å². The Kier molecular flexibility index (Phi) is 3.60. The molecule has 21 heavy (non-hydrogen) atoms. The fourth-order valence-electron chi connectivity index (χ4n) is 2.76. The molecule has 4 nitrogen and oxygen atoms in total. The van der Waals surface area contributed by atoms with Crippen molar-refractivity contribution in [3.63, 3.8) is 0 Å². The molecule has 0 N–H and O–H groups in total. The highest BCUT2D eigenvalue weighted by molar-refractivity contribution is 6.06. The van der Waals surface area contributed by atoms with Gasteiger partial charge in [0, 0.05) is 37.1 Å². The molecule has 1 aliphatic heterocycles. The molecule has 3 rings (SSSR count). The normalized spacial score (nSPS) is 14.7. The van der Waals surface area contributed by atoms with E-state index in [-0.39, 0.29) is 18.2 Å². The van der Waals surface area contributed by atoms with Gasteiger partial charge in [0.2, 0.25) is 5.91 Å². The summed E-state index contributed by atoms with van der Waals surface area (Å²) in [5.41, 5.74) is 2.67. The largest absolute Gasteiger partial charge is 0.357 e. The molecule has 2 heterocycles. The van der Waals surface area contributed by atoms with Crippen molar-refractivity contribution in [3.8, 4) is 0 Å². The molecule has 1 aromatic heterocycles. The van der Waals surface area contributed by atoms with Crippen molar-refractivity contribution in [2.75, 3.05) is 11.4 Å². The first-order valence-electron chi connectivity index (χ1n) is 7.18. The first-order valence-corrected chi connectivity index (χ1v) is 7.18. The summed E-state index contributed by atoms with van der Waals surface area (Å²) in [7, 11) is 1.88. The second kappa shape index (κ2) is 5.56. The van der Waals surface area contributed by atoms with Crippen molar-refractivity contribution >= 4 is 17.4 Å². The molecule has 0 saturated heterocycles. The van der Waals surface area contributed by atoms with E-state index < -0.39 is 0 Å². The Balaban J connectivity index is 1.89. The maximum absolute atomic E-state index is 12.4. The summed E-state index contributed by atoms with van der Waals surface area (Å²) in [5, 5.41) is 0. The Morgan fingerprint density at radius 2 is 2.00 bits per heavy atom. The van der Waals surface area contributed by atoms with Crippen LogP contribution in [0, 0.1) is 0 Å². The van der Waals surface area contributed by atoms with Crippen molar-refractivity contribution in [1.82, 2.24) is 4.57 Å². The van der Waals surface area contributed by atoms with Crippen molar-refractivity contribution in [1.29, 1.82) is 0 Å². The summed E-state index contributed by atoms with van der Waals surface area (Å²) in [6, 6.07) is 9.64. The number of Topliss-reactive ketones (excluding diaryl/α,β-unsaturated/α-hetero) is 1. The maximum Gasteiger partial charge on any atom is 0.227 e. The smallest absolute Gasteiger partial charge is 0.227 e. The van der Waals surface area contributed by atoms with E-state index in [1.807, 2.05) is 42.1 Å². The van der Waals surface area contributed by atoms with Crippen molar-refractivity contribution < 1.29 is 9.59 Å². The summed E-state index contributed by atoms with van der Waals surface area (Å²) in [6.07, 6.45) is 5.85. The average molecular weight is 282 g/mol. The van der Waals surface area contributed by atoms with Gasteiger partial charge in [0.05, 0.1) is 6.54 Å². The van der Waals surface area contributed by atoms with Crippen LogP contribution in [0.4, 0.5) is 5.69 Å². The Bertz CT molecular complexity index is 688. The number of benzene rings is 1. The lowest BCUT2D eigenvalue weighted by Gasteiger charge is -2.22. The topological polar surface area (TPSA) is 42.3 Å². The van der Waals surface area contributed by atoms with E-state index in [9.17, 15) is 9.59 Å². The second-order valence-electron chi connectivity index (χ2n) is 5.45. The third-order valence-corrected chi connectivity index (χ3v) is 3.88. The van der Waals surface area contributed by atoms with E-state index in [2.05, 4.69) is 0 Å². The highest BCUT2D eigenvalue weighted by Gasteiger charge is 2.24. The zero-order valence-corrected chi connectivity index (χ0v) is 12.1. The lowest BCUT2D eigenvalue weighted by molar-refractivity contribution is -0.118. The minimum atomic E-state index is -0.0272. The van der Waals surface area contributed by atoms with Gasteiger partial charge in [-0.05, 0) is 30.5 Å². The second-order valence-corrected chi connectivity index (χ2v) is 5.45. The van der Waals surface area contributed by atoms with Crippen LogP contribution in [-0.4, -0.2) is 22.8 Å². The number of carbonyl (C=O) groups is 2. The van der Waals surface area contributed by atoms with Crippen LogP contribution < -0.4 is 4.90 Å². The molecular weight excluding hydrogens is 264 g/mol. The molecule has 0 radical (unpaired) electrons. The standard InChI is InChI=1S/C17H18N2O2/c1-18-10-9-14(11-18)16(20)12-19-15-7-3-2-5-13(15)6-4-8-17(19)21/h2-3,5,7,9-11H,4,6,8,12H2,1H3. The van der Waals surface area contributed by atoms with Gasteiger partial charge < -0.3 is 9.47 Å². The number of aromatic nitrogens is 1. The minimum absolute atomic E-state index is 0.0272. The van der Waals surface area contributed by atoms with Gasteiger partial charge in [-0.1, -0.05) is 18.2 Å². The predicted octanol–water partition coefficient (Wildman–Crippen LogP) is 2.58. The monoisotopic (exact) mass is 282 g/mol. The van der Waals surface area contributed by atoms with Crippen LogP contribution in [0.3, 0.4) is 0 Å². The summed E-state index contributed by atoms with van der Waals surface area (Å²) in [6.45, 7) is 0.111. The quantitative estimate of drug-likeness (QED) is 0.812. The molecule has 0 spiro atoms. The highest BCUT2D eigenvalue weighted by Crippen LogP contribution is 2.26. The zero-order chi connectivity index (χ0) is 14.8. The van der Waals surface area contributed by atoms with Gasteiger partial charge in [-0.2, -0.15) is 0 Å². The number of carbonyl (C=O) groups excluding carboxylic acids is 2. The van der Waals surface area contributed by atoms with Crippen LogP contribution in [0.1, 0.15) is 28.8 Å². The van der Waals surface area contributed by atoms with Crippen LogP contribution in [0.15, 0.2) is 42.7 Å². The summed E-state index contributed by atoms with van der Waals surface area (Å²) in [4.78, 5) is 26.3. The number of fused-ring (bicyclic) bond motifs is 1. The molecule has 0 fully saturated rings. The van der Waals surface area contributed by atoms with Crippen LogP contribution in [0.2, 0.25) is 0 Å². The van der Waals surface area contributed by atoms with Gasteiger partial charge in [0.25, 0.3) is 0 Å². The maximum atomic E-state index is 12.4. The van der Waals surface area contributed by atoms with Crippen molar-refractivity contribution in [2.45, 2.75) is 19.3 Å². The fourth-order valence-corrected chi connectivity index (χ4v) is 2.76. The molecule has 2 aromatic rings. The molecule has 108 valence electrons. The highest BCUT2D eigenvalue weighted by atomic mass is 16.2. The Morgan fingerprint density at radius 1 is 1.19 bits per heavy atom. The van der Waals surface area contributed by atoms with Gasteiger partial charge >= 0.3 is 0 Å². The zero-order valence-electron chi connectivity index (χ0n) is 12.1. The van der Waals surface area contributed by atoms with Gasteiger partial charge in [-0.3, -0.25) is 9.59 Å². The fraction of sp³-hybridized carbons (Fsp3) is 0.294. The van der Waals surface area contributed by atoms with Crippen molar-refractivity contribution in [2.24, 2.45) is 7.05 Å². The number of amides is 1. The van der Waals surface area contributed by atoms with E-state index in [4.69, 9.17) is 0 Å². The van der Waals surface area contributed by atoms with E-state index in [1.54, 1.807) is 17.2 Å². The molecule has 1 aromatic carbocycles. The number of aryl methyl sites for hydroxylation is 2. The third-order valence-electron chi connectivity index (χ3n) is 3.88. The Morgan fingerprint density at radius 3 is 2.76 bits per heavy atom. The number of rotatable bonds is 3. The lowest BCUT2D eigenvalue weighted by atomic mass is 10.1. The summed E-state index contributed by atoms with van der Waals surface area (Å²) >= 11 is 0. The van der Waals surface area contributed by atoms with E-state index in [0.29, 0.717) is 12.0 Å². The van der Waals surface area contributed by atoms with Crippen LogP contribution in [-0.2, 0) is 18.3 Å². The molecular formula is C17H18N2O2. The lowest BCUT2D eigenvalue weighted by Crippen LogP contribution is -2.35. The minimum Gasteiger partial charge on any atom is -0.357 e. The number of hydrogen-bond donors (Lipinski definition) is 0. The summed E-state index contributed by atoms with van der Waals surface area (Å²) < 4.78 is 1.84. The molecule has 0 atom stereocenters.